The maximum Gasteiger partial charge on any atom is 0.404 e. The van der Waals surface area contributed by atoms with Crippen molar-refractivity contribution in [1.82, 2.24) is 14.5 Å². The molecule has 3 N–H and O–H groups in total. The third kappa shape index (κ3) is 4.31. The van der Waals surface area contributed by atoms with Crippen LogP contribution in [0, 0.1) is 0 Å². The normalized spacial score (nSPS) is 14.0. The Hall–Kier alpha value is -1.34. The van der Waals surface area contributed by atoms with Crippen LogP contribution in [-0.4, -0.2) is 41.5 Å². The van der Waals surface area contributed by atoms with E-state index in [0.29, 0.717) is 6.92 Å². The molecular formula is C8H10BrF3N4O4S. The van der Waals surface area contributed by atoms with Gasteiger partial charge in [-0.1, -0.05) is 0 Å². The monoisotopic (exact) mass is 394 g/mol. The summed E-state index contributed by atoms with van der Waals surface area (Å²) < 4.78 is 63.8. The van der Waals surface area contributed by atoms with Crippen LogP contribution >= 0.6 is 15.9 Å². The summed E-state index contributed by atoms with van der Waals surface area (Å²) in [6.45, 7) is 0.620. The summed E-state index contributed by atoms with van der Waals surface area (Å²) in [6, 6.07) is -2.32. The molecule has 0 spiro atoms. The average Bonchev–Trinajstić information content (AvgIpc) is 2.50. The standard InChI is InChI=1S/C8H10BrF3N4O4S/c1-3(8(10,11)12)14-21(19,20)15-6-4(9)5(7(17)18)16(2)13-6/h3,14H,1-2H3,(H,13,15)(H,17,18). The van der Waals surface area contributed by atoms with Gasteiger partial charge in [-0.15, -0.1) is 0 Å². The Kier molecular flexibility index (Phi) is 4.90. The van der Waals surface area contributed by atoms with E-state index in [1.807, 2.05) is 0 Å². The number of nitrogens with zero attached hydrogens (tertiary/aromatic N) is 2. The first-order valence-electron chi connectivity index (χ1n) is 5.17. The molecule has 8 nitrogen and oxygen atoms in total. The highest BCUT2D eigenvalue weighted by Crippen LogP contribution is 2.26. The van der Waals surface area contributed by atoms with Gasteiger partial charge in [0.15, 0.2) is 11.5 Å². The number of alkyl halides is 3. The summed E-state index contributed by atoms with van der Waals surface area (Å²) in [5.74, 6) is -1.84. The van der Waals surface area contributed by atoms with E-state index in [-0.39, 0.29) is 10.2 Å². The molecule has 1 rings (SSSR count). The van der Waals surface area contributed by atoms with Crippen molar-refractivity contribution < 1.29 is 31.5 Å². The van der Waals surface area contributed by atoms with E-state index in [9.17, 15) is 26.4 Å². The smallest absolute Gasteiger partial charge is 0.404 e. The quantitative estimate of drug-likeness (QED) is 0.691. The van der Waals surface area contributed by atoms with Crippen molar-refractivity contribution in [1.29, 1.82) is 0 Å². The van der Waals surface area contributed by atoms with Crippen LogP contribution in [0.1, 0.15) is 17.4 Å². The largest absolute Gasteiger partial charge is 0.476 e. The van der Waals surface area contributed by atoms with E-state index in [2.05, 4.69) is 21.0 Å². The zero-order valence-electron chi connectivity index (χ0n) is 10.6. The zero-order valence-corrected chi connectivity index (χ0v) is 13.0. The number of carboxylic acids is 1. The number of nitrogens with one attached hydrogen (secondary N) is 2. The number of aromatic carboxylic acids is 1. The van der Waals surface area contributed by atoms with Crippen molar-refractivity contribution in [2.75, 3.05) is 4.72 Å². The molecule has 1 aromatic rings. The number of aryl methyl sites for hydroxylation is 1. The van der Waals surface area contributed by atoms with Crippen LogP contribution in [0.4, 0.5) is 19.0 Å². The highest BCUT2D eigenvalue weighted by molar-refractivity contribution is 9.10. The van der Waals surface area contributed by atoms with Gasteiger partial charge in [0.2, 0.25) is 0 Å². The summed E-state index contributed by atoms with van der Waals surface area (Å²) in [6.07, 6.45) is -4.76. The first-order chi connectivity index (χ1) is 9.35. The van der Waals surface area contributed by atoms with Crippen molar-refractivity contribution in [3.05, 3.63) is 10.2 Å². The minimum atomic E-state index is -4.76. The average molecular weight is 395 g/mol. The van der Waals surface area contributed by atoms with E-state index in [1.165, 1.54) is 11.8 Å². The topological polar surface area (TPSA) is 113 Å². The van der Waals surface area contributed by atoms with Gasteiger partial charge >= 0.3 is 22.4 Å². The molecule has 1 aromatic heterocycles. The number of anilines is 1. The van der Waals surface area contributed by atoms with Gasteiger partial charge in [0.05, 0.1) is 4.47 Å². The van der Waals surface area contributed by atoms with Crippen molar-refractivity contribution in [2.45, 2.75) is 19.1 Å². The molecule has 0 radical (unpaired) electrons. The number of rotatable bonds is 5. The van der Waals surface area contributed by atoms with E-state index < -0.39 is 34.2 Å². The molecule has 0 amide bonds. The molecular weight excluding hydrogens is 385 g/mol. The minimum absolute atomic E-state index is 0.206. The maximum atomic E-state index is 12.3. The molecule has 0 aliphatic heterocycles. The molecule has 0 fully saturated rings. The fourth-order valence-electron chi connectivity index (χ4n) is 1.25. The molecule has 0 bridgehead atoms. The SMILES string of the molecule is CC(NS(=O)(=O)Nc1nn(C)c(C(=O)O)c1Br)C(F)(F)F. The van der Waals surface area contributed by atoms with E-state index >= 15 is 0 Å². The molecule has 0 aromatic carbocycles. The van der Waals surface area contributed by atoms with E-state index in [4.69, 9.17) is 5.11 Å². The number of hydrogen-bond donors (Lipinski definition) is 3. The van der Waals surface area contributed by atoms with Crippen LogP contribution in [0.2, 0.25) is 0 Å². The Morgan fingerprint density at radius 3 is 2.38 bits per heavy atom. The Bertz CT molecular complexity index is 657. The molecule has 1 unspecified atom stereocenters. The van der Waals surface area contributed by atoms with Crippen molar-refractivity contribution in [2.24, 2.45) is 7.05 Å². The van der Waals surface area contributed by atoms with Crippen LogP contribution in [-0.2, 0) is 17.3 Å². The Morgan fingerprint density at radius 1 is 1.48 bits per heavy atom. The fraction of sp³-hybridized carbons (Fsp3) is 0.500. The van der Waals surface area contributed by atoms with Gasteiger partial charge < -0.3 is 5.11 Å². The van der Waals surface area contributed by atoms with Crippen LogP contribution in [0.5, 0.6) is 0 Å². The van der Waals surface area contributed by atoms with Gasteiger partial charge in [0, 0.05) is 7.05 Å². The van der Waals surface area contributed by atoms with Crippen LogP contribution < -0.4 is 9.44 Å². The maximum absolute atomic E-state index is 12.3. The third-order valence-corrected chi connectivity index (χ3v) is 4.12. The molecule has 1 atom stereocenters. The molecule has 120 valence electrons. The second-order valence-corrected chi connectivity index (χ2v) is 6.17. The molecule has 0 aliphatic carbocycles. The number of hydrogen-bond acceptors (Lipinski definition) is 4. The summed E-state index contributed by atoms with van der Waals surface area (Å²) in [4.78, 5) is 10.9. The van der Waals surface area contributed by atoms with Crippen molar-refractivity contribution in [3.8, 4) is 0 Å². The number of carbonyl (C=O) groups is 1. The summed E-state index contributed by atoms with van der Waals surface area (Å²) in [5, 5.41) is 12.4. The van der Waals surface area contributed by atoms with Crippen LogP contribution in [0.15, 0.2) is 4.47 Å². The van der Waals surface area contributed by atoms with E-state index in [1.54, 1.807) is 4.72 Å². The number of carboxylic acid groups (broad SMARTS) is 1. The lowest BCUT2D eigenvalue weighted by atomic mass is 10.4. The summed E-state index contributed by atoms with van der Waals surface area (Å²) in [7, 11) is -3.35. The van der Waals surface area contributed by atoms with Gasteiger partial charge in [0.25, 0.3) is 0 Å². The van der Waals surface area contributed by atoms with Gasteiger partial charge in [0.1, 0.15) is 6.04 Å². The first-order valence-corrected chi connectivity index (χ1v) is 7.45. The molecule has 1 heterocycles. The molecule has 21 heavy (non-hydrogen) atoms. The summed E-state index contributed by atoms with van der Waals surface area (Å²) >= 11 is 2.82. The third-order valence-electron chi connectivity index (χ3n) is 2.25. The fourth-order valence-corrected chi connectivity index (χ4v) is 3.04. The molecule has 0 saturated heterocycles. The van der Waals surface area contributed by atoms with Crippen molar-refractivity contribution in [3.63, 3.8) is 0 Å². The second kappa shape index (κ2) is 5.81. The van der Waals surface area contributed by atoms with Gasteiger partial charge in [-0.2, -0.15) is 31.4 Å². The molecule has 13 heteroatoms. The van der Waals surface area contributed by atoms with E-state index in [0.717, 1.165) is 4.68 Å². The zero-order chi connectivity index (χ0) is 16.6. The highest BCUT2D eigenvalue weighted by atomic mass is 79.9. The predicted octanol–water partition coefficient (Wildman–Crippen LogP) is 1.08. The lowest BCUT2D eigenvalue weighted by Crippen LogP contribution is -2.45. The lowest BCUT2D eigenvalue weighted by molar-refractivity contribution is -0.147. The van der Waals surface area contributed by atoms with Gasteiger partial charge in [-0.3, -0.25) is 9.40 Å². The Balaban J connectivity index is 3.01. The lowest BCUT2D eigenvalue weighted by Gasteiger charge is -2.17. The van der Waals surface area contributed by atoms with Crippen LogP contribution in [0.25, 0.3) is 0 Å². The second-order valence-electron chi connectivity index (χ2n) is 3.93. The van der Waals surface area contributed by atoms with Gasteiger partial charge in [-0.05, 0) is 22.9 Å². The molecule has 0 aliphatic rings. The minimum Gasteiger partial charge on any atom is -0.476 e. The Morgan fingerprint density at radius 2 is 2.00 bits per heavy atom. The van der Waals surface area contributed by atoms with Crippen LogP contribution in [0.3, 0.4) is 0 Å². The number of halogens is 4. The van der Waals surface area contributed by atoms with Gasteiger partial charge in [-0.25, -0.2) is 4.79 Å². The highest BCUT2D eigenvalue weighted by Gasteiger charge is 2.39. The number of aromatic nitrogens is 2. The predicted molar refractivity (Wildman–Crippen MR) is 69.1 cm³/mol. The molecule has 0 saturated carbocycles. The Labute approximate surface area is 125 Å². The van der Waals surface area contributed by atoms with Crippen molar-refractivity contribution >= 4 is 37.9 Å². The first kappa shape index (κ1) is 17.7. The summed E-state index contributed by atoms with van der Waals surface area (Å²) in [5.41, 5.74) is -0.364.